The molecule has 1 aliphatic rings. The molecule has 1 saturated heterocycles. The van der Waals surface area contributed by atoms with Crippen LogP contribution in [0.25, 0.3) is 0 Å². The fourth-order valence-electron chi connectivity index (χ4n) is 2.88. The third kappa shape index (κ3) is 4.56. The van der Waals surface area contributed by atoms with Gasteiger partial charge in [0.2, 0.25) is 10.0 Å². The molecule has 5 nitrogen and oxygen atoms in total. The molecule has 1 fully saturated rings. The summed E-state index contributed by atoms with van der Waals surface area (Å²) in [5.74, 6) is 0.408. The number of para-hydroxylation sites is 1. The minimum atomic E-state index is -3.54. The lowest BCUT2D eigenvalue weighted by atomic mass is 10.3. The van der Waals surface area contributed by atoms with Crippen molar-refractivity contribution in [1.82, 2.24) is 4.31 Å². The molecule has 0 amide bonds. The number of hydrogen-bond donors (Lipinski definition) is 1. The number of halogens is 1. The van der Waals surface area contributed by atoms with Crippen molar-refractivity contribution in [2.24, 2.45) is 0 Å². The molecule has 0 unspecified atom stereocenters. The van der Waals surface area contributed by atoms with Gasteiger partial charge in [0, 0.05) is 0 Å². The van der Waals surface area contributed by atoms with E-state index < -0.39 is 15.8 Å². The third-order valence-corrected chi connectivity index (χ3v) is 6.26. The van der Waals surface area contributed by atoms with Gasteiger partial charge < -0.3 is 9.64 Å². The molecule has 1 N–H and O–H groups in total. The Hall–Kier alpha value is -1.96. The Balaban J connectivity index is 1.49. The molecular weight excluding hydrogens is 343 g/mol. The molecule has 0 radical (unpaired) electrons. The molecule has 0 aliphatic carbocycles. The number of nitrogens with one attached hydrogen (secondary N) is 1. The topological polar surface area (TPSA) is 51.0 Å². The maximum Gasteiger partial charge on any atom is 0.243 e. The largest absolute Gasteiger partial charge is 0.488 e. The molecular formula is C18H22FN2O3S+. The molecule has 7 heteroatoms. The summed E-state index contributed by atoms with van der Waals surface area (Å²) >= 11 is 0. The van der Waals surface area contributed by atoms with E-state index in [0.29, 0.717) is 19.7 Å². The van der Waals surface area contributed by atoms with Gasteiger partial charge in [-0.3, -0.25) is 0 Å². The highest BCUT2D eigenvalue weighted by atomic mass is 32.2. The van der Waals surface area contributed by atoms with Crippen molar-refractivity contribution in [3.8, 4) is 5.75 Å². The van der Waals surface area contributed by atoms with E-state index in [-0.39, 0.29) is 4.90 Å². The van der Waals surface area contributed by atoms with Crippen molar-refractivity contribution < 1.29 is 22.4 Å². The van der Waals surface area contributed by atoms with E-state index in [1.54, 1.807) is 0 Å². The molecule has 0 saturated carbocycles. The van der Waals surface area contributed by atoms with Crippen LogP contribution in [0.1, 0.15) is 0 Å². The van der Waals surface area contributed by atoms with E-state index in [0.717, 1.165) is 25.4 Å². The number of nitrogens with zero attached hydrogens (tertiary/aromatic N) is 1. The zero-order chi connectivity index (χ0) is 17.7. The van der Waals surface area contributed by atoms with Gasteiger partial charge in [-0.15, -0.1) is 0 Å². The summed E-state index contributed by atoms with van der Waals surface area (Å²) in [5, 5.41) is 0. The highest BCUT2D eigenvalue weighted by Crippen LogP contribution is 2.16. The first-order valence-electron chi connectivity index (χ1n) is 8.33. The smallest absolute Gasteiger partial charge is 0.243 e. The van der Waals surface area contributed by atoms with Gasteiger partial charge in [0.05, 0.1) is 31.1 Å². The highest BCUT2D eigenvalue weighted by molar-refractivity contribution is 7.89. The summed E-state index contributed by atoms with van der Waals surface area (Å²) < 4.78 is 45.3. The van der Waals surface area contributed by atoms with E-state index >= 15 is 0 Å². The average molecular weight is 365 g/mol. The average Bonchev–Trinajstić information content (AvgIpc) is 2.63. The van der Waals surface area contributed by atoms with Gasteiger partial charge in [-0.25, -0.2) is 12.8 Å². The zero-order valence-corrected chi connectivity index (χ0v) is 14.7. The van der Waals surface area contributed by atoms with Gasteiger partial charge in [0.1, 0.15) is 24.7 Å². The van der Waals surface area contributed by atoms with Crippen LogP contribution >= 0.6 is 0 Å². The van der Waals surface area contributed by atoms with Gasteiger partial charge in [-0.05, 0) is 36.4 Å². The van der Waals surface area contributed by atoms with Crippen LogP contribution in [0.2, 0.25) is 0 Å². The minimum absolute atomic E-state index is 0.143. The first kappa shape index (κ1) is 17.8. The van der Waals surface area contributed by atoms with E-state index in [4.69, 9.17) is 4.74 Å². The second-order valence-corrected chi connectivity index (χ2v) is 7.96. The first-order valence-corrected chi connectivity index (χ1v) is 9.77. The lowest BCUT2D eigenvalue weighted by Gasteiger charge is -2.31. The number of ether oxygens (including phenoxy) is 1. The number of quaternary nitrogens is 1. The molecule has 2 aromatic carbocycles. The van der Waals surface area contributed by atoms with Crippen LogP contribution in [-0.2, 0) is 10.0 Å². The lowest BCUT2D eigenvalue weighted by molar-refractivity contribution is -0.903. The van der Waals surface area contributed by atoms with Gasteiger partial charge in [0.25, 0.3) is 0 Å². The van der Waals surface area contributed by atoms with Crippen LogP contribution in [0, 0.1) is 5.82 Å². The number of hydrogen-bond acceptors (Lipinski definition) is 3. The van der Waals surface area contributed by atoms with Crippen molar-refractivity contribution in [1.29, 1.82) is 0 Å². The van der Waals surface area contributed by atoms with Crippen LogP contribution in [0.3, 0.4) is 0 Å². The second kappa shape index (κ2) is 7.95. The first-order chi connectivity index (χ1) is 12.1. The Morgan fingerprint density at radius 3 is 2.28 bits per heavy atom. The van der Waals surface area contributed by atoms with E-state index in [9.17, 15) is 12.8 Å². The fourth-order valence-corrected chi connectivity index (χ4v) is 4.32. The summed E-state index contributed by atoms with van der Waals surface area (Å²) in [4.78, 5) is 1.46. The van der Waals surface area contributed by atoms with Crippen LogP contribution in [0.15, 0.2) is 59.5 Å². The summed E-state index contributed by atoms with van der Waals surface area (Å²) in [6.45, 7) is 3.82. The van der Waals surface area contributed by atoms with Gasteiger partial charge in [-0.2, -0.15) is 4.31 Å². The van der Waals surface area contributed by atoms with Gasteiger partial charge in [-0.1, -0.05) is 18.2 Å². The van der Waals surface area contributed by atoms with Gasteiger partial charge >= 0.3 is 0 Å². The minimum Gasteiger partial charge on any atom is -0.488 e. The van der Waals surface area contributed by atoms with Crippen molar-refractivity contribution in [3.05, 3.63) is 60.4 Å². The highest BCUT2D eigenvalue weighted by Gasteiger charge is 2.30. The molecule has 0 atom stereocenters. The predicted molar refractivity (Wildman–Crippen MR) is 92.7 cm³/mol. The Labute approximate surface area is 147 Å². The Morgan fingerprint density at radius 1 is 1.00 bits per heavy atom. The Kier molecular flexibility index (Phi) is 5.67. The van der Waals surface area contributed by atoms with Crippen LogP contribution in [0.4, 0.5) is 4.39 Å². The quantitative estimate of drug-likeness (QED) is 0.824. The molecule has 25 heavy (non-hydrogen) atoms. The van der Waals surface area contributed by atoms with Crippen molar-refractivity contribution in [2.45, 2.75) is 4.90 Å². The van der Waals surface area contributed by atoms with Crippen LogP contribution in [0.5, 0.6) is 5.75 Å². The molecule has 3 rings (SSSR count). The van der Waals surface area contributed by atoms with Crippen molar-refractivity contribution in [2.75, 3.05) is 39.3 Å². The monoisotopic (exact) mass is 365 g/mol. The third-order valence-electron chi connectivity index (χ3n) is 4.35. The maximum atomic E-state index is 13.0. The second-order valence-electron chi connectivity index (χ2n) is 6.02. The Morgan fingerprint density at radius 2 is 1.64 bits per heavy atom. The molecule has 0 spiro atoms. The summed E-state index contributed by atoms with van der Waals surface area (Å²) in [7, 11) is -3.54. The van der Waals surface area contributed by atoms with E-state index in [2.05, 4.69) is 0 Å². The maximum absolute atomic E-state index is 13.0. The molecule has 1 aliphatic heterocycles. The van der Waals surface area contributed by atoms with E-state index in [1.165, 1.54) is 33.5 Å². The van der Waals surface area contributed by atoms with Crippen molar-refractivity contribution >= 4 is 10.0 Å². The van der Waals surface area contributed by atoms with Crippen LogP contribution in [-0.4, -0.2) is 52.1 Å². The normalized spacial score (nSPS) is 16.7. The number of piperazine rings is 1. The number of benzene rings is 2. The van der Waals surface area contributed by atoms with Gasteiger partial charge in [0.15, 0.2) is 0 Å². The van der Waals surface area contributed by atoms with Crippen LogP contribution < -0.4 is 9.64 Å². The lowest BCUT2D eigenvalue weighted by Crippen LogP contribution is -3.15. The predicted octanol–water partition coefficient (Wildman–Crippen LogP) is 0.794. The summed E-state index contributed by atoms with van der Waals surface area (Å²) in [5.41, 5.74) is 0. The standard InChI is InChI=1S/C18H21FN2O3S/c19-16-6-8-18(9-7-16)25(22,23)21-12-10-20(11-13-21)14-15-24-17-4-2-1-3-5-17/h1-9H,10-15H2/p+1. The number of rotatable bonds is 6. The fraction of sp³-hybridized carbons (Fsp3) is 0.333. The summed E-state index contributed by atoms with van der Waals surface area (Å²) in [6, 6.07) is 14.6. The molecule has 0 aromatic heterocycles. The number of sulfonamides is 1. The van der Waals surface area contributed by atoms with Crippen molar-refractivity contribution in [3.63, 3.8) is 0 Å². The molecule has 0 bridgehead atoms. The molecule has 2 aromatic rings. The van der Waals surface area contributed by atoms with E-state index in [1.807, 2.05) is 30.3 Å². The summed E-state index contributed by atoms with van der Waals surface area (Å²) in [6.07, 6.45) is 0. The molecule has 1 heterocycles. The Bertz CT molecular complexity index is 774. The molecule has 134 valence electrons. The zero-order valence-electron chi connectivity index (χ0n) is 13.9. The SMILES string of the molecule is O=S(=O)(c1ccc(F)cc1)N1CC[NH+](CCOc2ccccc2)CC1.